The Morgan fingerprint density at radius 1 is 1.24 bits per heavy atom. The summed E-state index contributed by atoms with van der Waals surface area (Å²) in [6.45, 7) is 5.12. The van der Waals surface area contributed by atoms with E-state index in [1.54, 1.807) is 19.9 Å². The molecule has 0 unspecified atom stereocenters. The highest BCUT2D eigenvalue weighted by Gasteiger charge is 2.40. The van der Waals surface area contributed by atoms with Gasteiger partial charge >= 0.3 is 17.3 Å². The zero-order chi connectivity index (χ0) is 24.6. The second-order valence-corrected chi connectivity index (χ2v) is 9.83. The lowest BCUT2D eigenvalue weighted by Gasteiger charge is -2.46. The van der Waals surface area contributed by atoms with Crippen LogP contribution in [0.1, 0.15) is 46.5 Å². The van der Waals surface area contributed by atoms with Crippen molar-refractivity contribution in [3.8, 4) is 5.75 Å². The summed E-state index contributed by atoms with van der Waals surface area (Å²) in [4.78, 5) is 41.4. The van der Waals surface area contributed by atoms with E-state index >= 15 is 0 Å². The average Bonchev–Trinajstić information content (AvgIpc) is 2.75. The number of fused-ring (bicyclic) bond motifs is 2. The molecule has 0 aliphatic heterocycles. The molecule has 5 rings (SSSR count). The molecule has 34 heavy (non-hydrogen) atoms. The molecule has 0 amide bonds. The van der Waals surface area contributed by atoms with E-state index in [9.17, 15) is 23.9 Å². The Hall–Kier alpha value is -3.17. The Bertz CT molecular complexity index is 1180. The maximum absolute atomic E-state index is 14.5. The van der Waals surface area contributed by atoms with Crippen LogP contribution in [-0.2, 0) is 17.9 Å². The molecule has 184 valence electrons. The number of anilines is 2. The molecule has 3 aliphatic rings. The van der Waals surface area contributed by atoms with Crippen LogP contribution in [0.3, 0.4) is 0 Å². The van der Waals surface area contributed by atoms with Crippen molar-refractivity contribution >= 4 is 17.6 Å². The highest BCUT2D eigenvalue weighted by Crippen LogP contribution is 2.49. The largest absolute Gasteiger partial charge is 0.488 e. The molecule has 9 nitrogen and oxygen atoms in total. The molecule has 1 aromatic carbocycles. The number of carboxylic acids is 1. The lowest BCUT2D eigenvalue weighted by Crippen LogP contribution is -2.46. The summed E-state index contributed by atoms with van der Waals surface area (Å²) < 4.78 is 22.2. The molecular weight excluding hydrogens is 443 g/mol. The lowest BCUT2D eigenvalue weighted by molar-refractivity contribution is -0.141. The first-order chi connectivity index (χ1) is 16.1. The third-order valence-corrected chi connectivity index (χ3v) is 6.88. The highest BCUT2D eigenvalue weighted by atomic mass is 19.1. The fourth-order valence-corrected chi connectivity index (χ4v) is 4.92. The molecule has 2 bridgehead atoms. The molecule has 1 heterocycles. The summed E-state index contributed by atoms with van der Waals surface area (Å²) in [5.41, 5.74) is -1.14. The minimum Gasteiger partial charge on any atom is -0.488 e. The Labute approximate surface area is 196 Å². The van der Waals surface area contributed by atoms with Gasteiger partial charge in [0.25, 0.3) is 0 Å². The number of hydrogen-bond acceptors (Lipinski definition) is 6. The van der Waals surface area contributed by atoms with Gasteiger partial charge in [-0.2, -0.15) is 4.98 Å². The van der Waals surface area contributed by atoms with Crippen LogP contribution < -0.4 is 21.4 Å². The molecular formula is C24H31FN4O5. The summed E-state index contributed by atoms with van der Waals surface area (Å²) >= 11 is 0. The van der Waals surface area contributed by atoms with E-state index in [2.05, 4.69) is 10.3 Å². The van der Waals surface area contributed by atoms with Gasteiger partial charge in [0, 0.05) is 24.8 Å². The van der Waals surface area contributed by atoms with Crippen molar-refractivity contribution < 1.29 is 19.0 Å². The molecule has 2 atom stereocenters. The van der Waals surface area contributed by atoms with E-state index in [-0.39, 0.29) is 30.3 Å². The van der Waals surface area contributed by atoms with E-state index in [1.165, 1.54) is 23.6 Å². The summed E-state index contributed by atoms with van der Waals surface area (Å²) in [5.74, 6) is -0.916. The van der Waals surface area contributed by atoms with Crippen LogP contribution in [0, 0.1) is 29.5 Å². The molecule has 1 aromatic heterocycles. The van der Waals surface area contributed by atoms with Crippen LogP contribution in [0.4, 0.5) is 16.0 Å². The Morgan fingerprint density at radius 3 is 2.56 bits per heavy atom. The number of benzene rings is 1. The van der Waals surface area contributed by atoms with E-state index < -0.39 is 29.1 Å². The topological polar surface area (TPSA) is 115 Å². The molecule has 0 spiro atoms. The monoisotopic (exact) mass is 474 g/mol. The molecule has 10 heteroatoms. The number of aromatic nitrogens is 3. The molecule has 3 fully saturated rings. The van der Waals surface area contributed by atoms with Crippen molar-refractivity contribution in [1.29, 1.82) is 0 Å². The highest BCUT2D eigenvalue weighted by molar-refractivity contribution is 5.69. The molecule has 0 radical (unpaired) electrons. The quantitative estimate of drug-likeness (QED) is 0.573. The average molecular weight is 475 g/mol. The van der Waals surface area contributed by atoms with Crippen LogP contribution in [0.5, 0.6) is 5.75 Å². The van der Waals surface area contributed by atoms with Gasteiger partial charge in [0.1, 0.15) is 0 Å². The number of carbonyl (C=O) groups is 1. The van der Waals surface area contributed by atoms with E-state index in [0.717, 1.165) is 36.2 Å². The summed E-state index contributed by atoms with van der Waals surface area (Å²) in [7, 11) is 0. The summed E-state index contributed by atoms with van der Waals surface area (Å²) in [6, 6.07) is 4.29. The van der Waals surface area contributed by atoms with Crippen molar-refractivity contribution in [3.63, 3.8) is 0 Å². The zero-order valence-corrected chi connectivity index (χ0v) is 19.7. The maximum Gasteiger partial charge on any atom is 0.354 e. The molecule has 2 aromatic rings. The minimum atomic E-state index is -1.10. The second kappa shape index (κ2) is 9.60. The number of ether oxygens (including phenoxy) is 1. The normalized spacial score (nSPS) is 22.2. The van der Waals surface area contributed by atoms with Gasteiger partial charge < -0.3 is 15.2 Å². The van der Waals surface area contributed by atoms with Crippen molar-refractivity contribution in [2.45, 2.75) is 65.6 Å². The Balaban J connectivity index is 1.69. The van der Waals surface area contributed by atoms with Crippen LogP contribution in [0.2, 0.25) is 0 Å². The maximum atomic E-state index is 14.5. The number of nitrogens with zero attached hydrogens (tertiary/aromatic N) is 3. The van der Waals surface area contributed by atoms with Gasteiger partial charge in [-0.05, 0) is 63.0 Å². The third-order valence-electron chi connectivity index (χ3n) is 6.88. The smallest absolute Gasteiger partial charge is 0.354 e. The number of nitrogens with one attached hydrogen (secondary N) is 1. The van der Waals surface area contributed by atoms with Gasteiger partial charge in [0.05, 0.1) is 12.0 Å². The van der Waals surface area contributed by atoms with Crippen molar-refractivity contribution in [2.24, 2.45) is 23.7 Å². The van der Waals surface area contributed by atoms with Crippen LogP contribution in [-0.4, -0.2) is 31.3 Å². The third kappa shape index (κ3) is 5.00. The summed E-state index contributed by atoms with van der Waals surface area (Å²) in [5, 5.41) is 12.2. The summed E-state index contributed by atoms with van der Waals surface area (Å²) in [6.07, 6.45) is 4.20. The Kier molecular flexibility index (Phi) is 6.77. The van der Waals surface area contributed by atoms with E-state index in [1.807, 2.05) is 0 Å². The van der Waals surface area contributed by atoms with Gasteiger partial charge in [-0.25, -0.2) is 18.5 Å². The zero-order valence-electron chi connectivity index (χ0n) is 19.7. The first kappa shape index (κ1) is 24.0. The van der Waals surface area contributed by atoms with E-state index in [0.29, 0.717) is 18.2 Å². The second-order valence-electron chi connectivity index (χ2n) is 9.83. The van der Waals surface area contributed by atoms with Crippen LogP contribution in [0.15, 0.2) is 27.8 Å². The molecule has 3 aliphatic carbocycles. The van der Waals surface area contributed by atoms with Crippen molar-refractivity contribution in [3.05, 3.63) is 45.0 Å². The predicted octanol–water partition coefficient (Wildman–Crippen LogP) is 3.23. The number of aliphatic carboxylic acids is 1. The predicted molar refractivity (Wildman–Crippen MR) is 124 cm³/mol. The van der Waals surface area contributed by atoms with Gasteiger partial charge in [0.15, 0.2) is 11.6 Å². The minimum absolute atomic E-state index is 0.0209. The lowest BCUT2D eigenvalue weighted by atomic mass is 9.60. The first-order valence-electron chi connectivity index (χ1n) is 11.8. The van der Waals surface area contributed by atoms with Crippen molar-refractivity contribution in [1.82, 2.24) is 14.1 Å². The van der Waals surface area contributed by atoms with Gasteiger partial charge in [-0.15, -0.1) is 0 Å². The van der Waals surface area contributed by atoms with Gasteiger partial charge in [0.2, 0.25) is 5.95 Å². The van der Waals surface area contributed by atoms with Crippen LogP contribution >= 0.6 is 0 Å². The number of rotatable bonds is 9. The van der Waals surface area contributed by atoms with Crippen LogP contribution in [0.25, 0.3) is 0 Å². The van der Waals surface area contributed by atoms with E-state index in [4.69, 9.17) is 4.74 Å². The number of halogens is 1. The molecule has 0 saturated heterocycles. The Morgan fingerprint density at radius 2 is 1.97 bits per heavy atom. The van der Waals surface area contributed by atoms with Gasteiger partial charge in [-0.3, -0.25) is 9.36 Å². The van der Waals surface area contributed by atoms with Gasteiger partial charge in [-0.1, -0.05) is 13.3 Å². The van der Waals surface area contributed by atoms with Crippen molar-refractivity contribution in [2.75, 3.05) is 5.32 Å². The first-order valence-corrected chi connectivity index (χ1v) is 11.8. The molecule has 3 saturated carbocycles. The number of hydrogen-bond donors (Lipinski definition) is 2. The number of carboxylic acid groups (broad SMARTS) is 1. The fourth-order valence-electron chi connectivity index (χ4n) is 4.92. The molecule has 2 N–H and O–H groups in total. The SMILES string of the molecule is CC(C)Oc1ccc(Nc2nc(=O)n(C[C@H](C)C(=O)O)c(=O)n2C[C@@H]2CCC3CC2C3)cc1F. The standard InChI is InChI=1S/C24H31FN4O5/c1-13(2)34-20-7-6-18(10-19(20)25)26-22-27-23(32)29(11-14(3)21(30)31)24(33)28(22)12-16-5-4-15-8-17(16)9-15/h6-7,10,13-17H,4-5,8-9,11-12H2,1-3H3,(H,30,31)(H,26,27,32)/t14-,15?,16-,17?/m0/s1. The fraction of sp³-hybridized carbons (Fsp3) is 0.583.